The fourth-order valence-electron chi connectivity index (χ4n) is 5.05. The van der Waals surface area contributed by atoms with Crippen molar-refractivity contribution in [3.63, 3.8) is 0 Å². The first-order valence-corrected chi connectivity index (χ1v) is 12.7. The fraction of sp³-hybridized carbons (Fsp3) is 0.333. The number of piperidine rings is 3. The van der Waals surface area contributed by atoms with Crippen molar-refractivity contribution in [1.82, 2.24) is 10.2 Å². The summed E-state index contributed by atoms with van der Waals surface area (Å²) in [5, 5.41) is 2.82. The van der Waals surface area contributed by atoms with Gasteiger partial charge in [0.1, 0.15) is 13.2 Å². The molecule has 3 aromatic rings. The summed E-state index contributed by atoms with van der Waals surface area (Å²) < 4.78 is 27.0. The van der Waals surface area contributed by atoms with Crippen LogP contribution in [-0.4, -0.2) is 42.8 Å². The minimum absolute atomic E-state index is 0.0506. The molecule has 0 aromatic heterocycles. The molecule has 0 spiro atoms. The summed E-state index contributed by atoms with van der Waals surface area (Å²) in [6.45, 7) is 3.84. The summed E-state index contributed by atoms with van der Waals surface area (Å²) in [6, 6.07) is 21.3. The molecule has 0 atom stereocenters. The van der Waals surface area contributed by atoms with Gasteiger partial charge in [0.2, 0.25) is 5.78 Å². The third kappa shape index (κ3) is 6.00. The second-order valence-electron chi connectivity index (χ2n) is 9.94. The first kappa shape index (κ1) is 25.0. The number of ketones is 1. The molecule has 37 heavy (non-hydrogen) atoms. The first-order chi connectivity index (χ1) is 18.0. The lowest BCUT2D eigenvalue weighted by atomic mass is 9.72. The number of ether oxygens (including phenoxy) is 2. The second kappa shape index (κ2) is 11.1. The standard InChI is InChI=1S/C30H31FN2O4/c31-25-17-24(27(34)29(35)32-21-30-11-14-33(15-12-30)16-13-30)18-26(36-19-22-7-3-1-4-8-22)28(25)37-20-23-9-5-2-6-10-23/h1-10,17-18H,11-16,19-21H2,(H,32,35). The summed E-state index contributed by atoms with van der Waals surface area (Å²) >= 11 is 0. The van der Waals surface area contributed by atoms with Crippen molar-refractivity contribution in [3.8, 4) is 11.5 Å². The van der Waals surface area contributed by atoms with Gasteiger partial charge in [-0.2, -0.15) is 0 Å². The van der Waals surface area contributed by atoms with Gasteiger partial charge in [-0.05, 0) is 67.6 Å². The quantitative estimate of drug-likeness (QED) is 0.320. The molecule has 192 valence electrons. The van der Waals surface area contributed by atoms with Gasteiger partial charge in [-0.15, -0.1) is 0 Å². The van der Waals surface area contributed by atoms with Crippen LogP contribution in [0.25, 0.3) is 0 Å². The number of carbonyl (C=O) groups is 2. The van der Waals surface area contributed by atoms with Crippen LogP contribution in [0.2, 0.25) is 0 Å². The van der Waals surface area contributed by atoms with Gasteiger partial charge in [0.25, 0.3) is 5.91 Å². The number of fused-ring (bicyclic) bond motifs is 3. The zero-order valence-corrected chi connectivity index (χ0v) is 20.8. The maximum Gasteiger partial charge on any atom is 0.292 e. The van der Waals surface area contributed by atoms with E-state index in [-0.39, 0.29) is 35.7 Å². The Morgan fingerprint density at radius 2 is 1.41 bits per heavy atom. The van der Waals surface area contributed by atoms with Gasteiger partial charge >= 0.3 is 0 Å². The molecule has 3 aliphatic rings. The number of amides is 1. The third-order valence-corrected chi connectivity index (χ3v) is 7.44. The number of benzene rings is 3. The Hall–Kier alpha value is -3.71. The Kier molecular flexibility index (Phi) is 7.51. The maximum atomic E-state index is 15.3. The van der Waals surface area contributed by atoms with E-state index in [9.17, 15) is 9.59 Å². The summed E-state index contributed by atoms with van der Waals surface area (Å²) in [7, 11) is 0. The lowest BCUT2D eigenvalue weighted by molar-refractivity contribution is -0.118. The second-order valence-corrected chi connectivity index (χ2v) is 9.94. The van der Waals surface area contributed by atoms with E-state index in [1.165, 1.54) is 6.07 Å². The van der Waals surface area contributed by atoms with Gasteiger partial charge in [-0.25, -0.2) is 4.39 Å². The van der Waals surface area contributed by atoms with Gasteiger partial charge < -0.3 is 19.7 Å². The number of nitrogens with one attached hydrogen (secondary N) is 1. The van der Waals surface area contributed by atoms with Crippen LogP contribution < -0.4 is 14.8 Å². The number of hydrogen-bond acceptors (Lipinski definition) is 5. The van der Waals surface area contributed by atoms with Gasteiger partial charge in [0.05, 0.1) is 0 Å². The Morgan fingerprint density at radius 3 is 2.00 bits per heavy atom. The van der Waals surface area contributed by atoms with E-state index in [4.69, 9.17) is 9.47 Å². The van der Waals surface area contributed by atoms with Gasteiger partial charge in [-0.3, -0.25) is 9.59 Å². The average molecular weight is 503 g/mol. The van der Waals surface area contributed by atoms with E-state index in [2.05, 4.69) is 10.2 Å². The Bertz CT molecular complexity index is 1230. The van der Waals surface area contributed by atoms with Crippen LogP contribution in [-0.2, 0) is 18.0 Å². The molecule has 1 N–H and O–H groups in total. The van der Waals surface area contributed by atoms with E-state index in [0.717, 1.165) is 56.1 Å². The van der Waals surface area contributed by atoms with Crippen LogP contribution in [0.4, 0.5) is 4.39 Å². The molecule has 0 aliphatic carbocycles. The highest BCUT2D eigenvalue weighted by Crippen LogP contribution is 2.39. The van der Waals surface area contributed by atoms with Crippen LogP contribution in [0, 0.1) is 11.2 Å². The first-order valence-electron chi connectivity index (χ1n) is 12.7. The highest BCUT2D eigenvalue weighted by molar-refractivity contribution is 6.42. The number of rotatable bonds is 10. The highest BCUT2D eigenvalue weighted by Gasteiger charge is 2.39. The summed E-state index contributed by atoms with van der Waals surface area (Å²) in [5.41, 5.74) is 1.73. The van der Waals surface area contributed by atoms with E-state index < -0.39 is 17.5 Å². The highest BCUT2D eigenvalue weighted by atomic mass is 19.1. The van der Waals surface area contributed by atoms with E-state index in [0.29, 0.717) is 6.54 Å². The number of nitrogens with zero attached hydrogens (tertiary/aromatic N) is 1. The normalized spacial score (nSPS) is 20.3. The van der Waals surface area contributed by atoms with Gasteiger partial charge in [0.15, 0.2) is 17.3 Å². The monoisotopic (exact) mass is 502 g/mol. The van der Waals surface area contributed by atoms with Crippen LogP contribution >= 0.6 is 0 Å². The molecule has 3 aromatic carbocycles. The lowest BCUT2D eigenvalue weighted by Crippen LogP contribution is -2.53. The maximum absolute atomic E-state index is 15.3. The number of Topliss-reactive ketones (excluding diaryl/α,β-unsaturated/α-hetero) is 1. The van der Waals surface area contributed by atoms with Crippen LogP contribution in [0.5, 0.6) is 11.5 Å². The summed E-state index contributed by atoms with van der Waals surface area (Å²) in [4.78, 5) is 28.2. The number of carbonyl (C=O) groups excluding carboxylic acids is 2. The predicted octanol–water partition coefficient (Wildman–Crippen LogP) is 4.77. The molecule has 7 heteroatoms. The van der Waals surface area contributed by atoms with Crippen molar-refractivity contribution in [1.29, 1.82) is 0 Å². The van der Waals surface area contributed by atoms with Crippen molar-refractivity contribution in [3.05, 3.63) is 95.3 Å². The fourth-order valence-corrected chi connectivity index (χ4v) is 5.05. The lowest BCUT2D eigenvalue weighted by Gasteiger charge is -2.48. The molecule has 0 saturated carbocycles. The van der Waals surface area contributed by atoms with Gasteiger partial charge in [0, 0.05) is 12.1 Å². The third-order valence-electron chi connectivity index (χ3n) is 7.44. The van der Waals surface area contributed by atoms with Crippen LogP contribution in [0.1, 0.15) is 40.7 Å². The van der Waals surface area contributed by atoms with Crippen LogP contribution in [0.15, 0.2) is 72.8 Å². The van der Waals surface area contributed by atoms with E-state index in [1.54, 1.807) is 0 Å². The Balaban J connectivity index is 1.32. The summed E-state index contributed by atoms with van der Waals surface area (Å²) in [5.74, 6) is -2.29. The molecule has 1 amide bonds. The average Bonchev–Trinajstić information content (AvgIpc) is 2.95. The minimum Gasteiger partial charge on any atom is -0.485 e. The minimum atomic E-state index is -0.789. The van der Waals surface area contributed by atoms with E-state index >= 15 is 4.39 Å². The Morgan fingerprint density at radius 1 is 0.838 bits per heavy atom. The molecule has 6 nitrogen and oxygen atoms in total. The zero-order valence-electron chi connectivity index (χ0n) is 20.8. The van der Waals surface area contributed by atoms with Crippen molar-refractivity contribution in [2.75, 3.05) is 26.2 Å². The number of hydrogen-bond donors (Lipinski definition) is 1. The molecule has 6 rings (SSSR count). The molecule has 3 saturated heterocycles. The molecule has 3 aliphatic heterocycles. The molecule has 2 bridgehead atoms. The predicted molar refractivity (Wildman–Crippen MR) is 138 cm³/mol. The largest absolute Gasteiger partial charge is 0.485 e. The van der Waals surface area contributed by atoms with Crippen molar-refractivity contribution in [2.24, 2.45) is 5.41 Å². The zero-order chi connectivity index (χ0) is 25.7. The molecular formula is C30H31FN2O4. The Labute approximate surface area is 216 Å². The topological polar surface area (TPSA) is 67.9 Å². The van der Waals surface area contributed by atoms with E-state index in [1.807, 2.05) is 60.7 Å². The molecular weight excluding hydrogens is 471 g/mol. The van der Waals surface area contributed by atoms with Gasteiger partial charge in [-0.1, -0.05) is 60.7 Å². The molecule has 0 unspecified atom stereocenters. The van der Waals surface area contributed by atoms with Crippen LogP contribution in [0.3, 0.4) is 0 Å². The van der Waals surface area contributed by atoms with Crippen molar-refractivity contribution >= 4 is 11.7 Å². The summed E-state index contributed by atoms with van der Waals surface area (Å²) in [6.07, 6.45) is 3.04. The SMILES string of the molecule is O=C(NCC12CCN(CC1)CC2)C(=O)c1cc(F)c(OCc2ccccc2)c(OCc2ccccc2)c1. The van der Waals surface area contributed by atoms with Crippen molar-refractivity contribution in [2.45, 2.75) is 32.5 Å². The van der Waals surface area contributed by atoms with Crippen molar-refractivity contribution < 1.29 is 23.5 Å². The molecule has 3 heterocycles. The molecule has 3 fully saturated rings. The molecule has 0 radical (unpaired) electrons. The smallest absolute Gasteiger partial charge is 0.292 e. The number of halogens is 1.